The Morgan fingerprint density at radius 1 is 1.20 bits per heavy atom. The summed E-state index contributed by atoms with van der Waals surface area (Å²) in [4.78, 5) is 23.3. The number of rotatable bonds is 7. The summed E-state index contributed by atoms with van der Waals surface area (Å²) in [5.41, 5.74) is 4.83. The lowest BCUT2D eigenvalue weighted by atomic mass is 9.91. The van der Waals surface area contributed by atoms with Crippen LogP contribution in [0.1, 0.15) is 35.2 Å². The Kier molecular flexibility index (Phi) is 6.76. The van der Waals surface area contributed by atoms with Crippen molar-refractivity contribution in [1.82, 2.24) is 14.5 Å². The quantitative estimate of drug-likeness (QED) is 0.314. The number of carbonyl (C=O) groups is 1. The van der Waals surface area contributed by atoms with Crippen molar-refractivity contribution in [3.8, 4) is 17.3 Å². The maximum absolute atomic E-state index is 11.6. The second kappa shape index (κ2) is 10.5. The first kappa shape index (κ1) is 25.7. The Bertz CT molecular complexity index is 1640. The van der Waals surface area contributed by atoms with Crippen LogP contribution in [0.4, 0.5) is 5.69 Å². The molecule has 2 aromatic carbocycles. The van der Waals surface area contributed by atoms with Crippen LogP contribution in [0.5, 0.6) is 5.75 Å². The second-order valence-corrected chi connectivity index (χ2v) is 10.4. The summed E-state index contributed by atoms with van der Waals surface area (Å²) in [6, 6.07) is 17.8. The van der Waals surface area contributed by atoms with Gasteiger partial charge in [0.1, 0.15) is 17.2 Å². The summed E-state index contributed by atoms with van der Waals surface area (Å²) in [6.45, 7) is 3.50. The smallest absolute Gasteiger partial charge is 0.335 e. The minimum absolute atomic E-state index is 0.188. The number of pyridine rings is 1. The molecule has 0 spiro atoms. The molecule has 2 aromatic heterocycles. The maximum atomic E-state index is 11.6. The first-order valence-electron chi connectivity index (χ1n) is 13.5. The predicted octanol–water partition coefficient (Wildman–Crippen LogP) is 5.90. The van der Waals surface area contributed by atoms with E-state index < -0.39 is 5.97 Å². The fourth-order valence-corrected chi connectivity index (χ4v) is 5.80. The summed E-state index contributed by atoms with van der Waals surface area (Å²) in [5, 5.41) is 9.53. The van der Waals surface area contributed by atoms with Gasteiger partial charge in [-0.2, -0.15) is 0 Å². The van der Waals surface area contributed by atoms with Crippen molar-refractivity contribution in [2.45, 2.75) is 31.8 Å². The number of para-hydroxylation sites is 2. The van der Waals surface area contributed by atoms with Crippen molar-refractivity contribution in [3.05, 3.63) is 95.9 Å². The third kappa shape index (κ3) is 4.70. The first-order chi connectivity index (χ1) is 19.4. The zero-order valence-electron chi connectivity index (χ0n) is 22.8. The molecule has 0 amide bonds. The molecular weight excluding hydrogens is 504 g/mol. The Labute approximate surface area is 233 Å². The highest BCUT2D eigenvalue weighted by atomic mass is 16.5. The van der Waals surface area contributed by atoms with Gasteiger partial charge in [-0.3, -0.25) is 4.98 Å². The number of hydrogen-bond donors (Lipinski definition) is 1. The minimum atomic E-state index is -0.987. The predicted molar refractivity (Wildman–Crippen MR) is 155 cm³/mol. The molecule has 204 valence electrons. The van der Waals surface area contributed by atoms with E-state index in [0.29, 0.717) is 30.6 Å². The van der Waals surface area contributed by atoms with E-state index in [9.17, 15) is 9.90 Å². The molecule has 0 saturated carbocycles. The molecule has 3 unspecified atom stereocenters. The lowest BCUT2D eigenvalue weighted by Gasteiger charge is -2.34. The van der Waals surface area contributed by atoms with Gasteiger partial charge in [-0.25, -0.2) is 9.78 Å². The number of carboxylic acids is 1. The average molecular weight is 537 g/mol. The first-order valence-corrected chi connectivity index (χ1v) is 13.5. The lowest BCUT2D eigenvalue weighted by Crippen LogP contribution is -2.36. The molecular formula is C32H32N4O4. The monoisotopic (exact) mass is 536 g/mol. The number of fused-ring (bicyclic) bond motifs is 2. The van der Waals surface area contributed by atoms with Crippen LogP contribution < -0.4 is 9.64 Å². The summed E-state index contributed by atoms with van der Waals surface area (Å²) >= 11 is 0. The van der Waals surface area contributed by atoms with E-state index in [4.69, 9.17) is 14.5 Å². The molecule has 0 fully saturated rings. The molecule has 6 rings (SSSR count). The number of ether oxygens (including phenoxy) is 2. The molecule has 1 N–H and O–H groups in total. The number of hydrogen-bond acceptors (Lipinski definition) is 6. The molecule has 0 bridgehead atoms. The molecule has 8 nitrogen and oxygen atoms in total. The van der Waals surface area contributed by atoms with E-state index in [1.165, 1.54) is 12.3 Å². The van der Waals surface area contributed by atoms with Crippen molar-refractivity contribution >= 4 is 22.7 Å². The van der Waals surface area contributed by atoms with E-state index in [0.717, 1.165) is 40.2 Å². The van der Waals surface area contributed by atoms with Crippen molar-refractivity contribution in [2.75, 3.05) is 25.7 Å². The highest BCUT2D eigenvalue weighted by Crippen LogP contribution is 2.39. The Balaban J connectivity index is 1.32. The number of anilines is 1. The van der Waals surface area contributed by atoms with Crippen LogP contribution in [-0.2, 0) is 11.3 Å². The standard InChI is InChI=1S/C32H32N4O4/c1-20-16-24(39-3)9-11-28(20)35(2)23-8-10-25-22(13-15-40-30(25)18-23)19-36-29-7-5-4-6-26(29)34-31(36)27-17-21(32(37)38)12-14-33-27/h4-12,14,16-18,20,22,28H,13,15,19H2,1-3H3,(H,37,38). The number of aromatic nitrogens is 3. The van der Waals surface area contributed by atoms with Crippen molar-refractivity contribution in [3.63, 3.8) is 0 Å². The number of likely N-dealkylation sites (N-methyl/N-ethyl adjacent to an activating group) is 1. The summed E-state index contributed by atoms with van der Waals surface area (Å²) < 4.78 is 13.7. The van der Waals surface area contributed by atoms with Gasteiger partial charge in [0.2, 0.25) is 0 Å². The maximum Gasteiger partial charge on any atom is 0.335 e. The molecule has 8 heteroatoms. The molecule has 1 aliphatic carbocycles. The van der Waals surface area contributed by atoms with Crippen LogP contribution in [0.25, 0.3) is 22.6 Å². The molecule has 4 aromatic rings. The fourth-order valence-electron chi connectivity index (χ4n) is 5.80. The van der Waals surface area contributed by atoms with Gasteiger partial charge in [0.15, 0.2) is 5.82 Å². The Morgan fingerprint density at radius 2 is 2.05 bits per heavy atom. The number of allylic oxidation sites excluding steroid dienone is 1. The van der Waals surface area contributed by atoms with Crippen molar-refractivity contribution in [1.29, 1.82) is 0 Å². The molecule has 0 saturated heterocycles. The number of aromatic carboxylic acids is 1. The van der Waals surface area contributed by atoms with Crippen LogP contribution in [0.2, 0.25) is 0 Å². The van der Waals surface area contributed by atoms with Gasteiger partial charge in [-0.05, 0) is 54.5 Å². The van der Waals surface area contributed by atoms with E-state index in [1.807, 2.05) is 30.3 Å². The average Bonchev–Trinajstić information content (AvgIpc) is 3.35. The molecule has 1 aliphatic heterocycles. The normalized spacial score (nSPS) is 20.0. The van der Waals surface area contributed by atoms with Gasteiger partial charge in [0.25, 0.3) is 0 Å². The fraction of sp³-hybridized carbons (Fsp3) is 0.281. The third-order valence-electron chi connectivity index (χ3n) is 7.97. The van der Waals surface area contributed by atoms with Gasteiger partial charge in [-0.1, -0.05) is 31.2 Å². The van der Waals surface area contributed by atoms with Gasteiger partial charge in [0, 0.05) is 43.4 Å². The lowest BCUT2D eigenvalue weighted by molar-refractivity contribution is 0.0696. The van der Waals surface area contributed by atoms with Crippen LogP contribution in [-0.4, -0.2) is 52.4 Å². The number of nitrogens with zero attached hydrogens (tertiary/aromatic N) is 4. The largest absolute Gasteiger partial charge is 0.497 e. The van der Waals surface area contributed by atoms with E-state index in [2.05, 4.69) is 58.8 Å². The molecule has 0 radical (unpaired) electrons. The Hall–Kier alpha value is -4.59. The number of carboxylic acid groups (broad SMARTS) is 1. The van der Waals surface area contributed by atoms with Crippen LogP contribution >= 0.6 is 0 Å². The molecule has 3 heterocycles. The van der Waals surface area contributed by atoms with Crippen LogP contribution in [0.15, 0.2) is 84.8 Å². The van der Waals surface area contributed by atoms with Gasteiger partial charge < -0.3 is 24.0 Å². The topological polar surface area (TPSA) is 89.7 Å². The summed E-state index contributed by atoms with van der Waals surface area (Å²) in [6.07, 6.45) is 8.76. The zero-order chi connectivity index (χ0) is 27.8. The highest BCUT2D eigenvalue weighted by Gasteiger charge is 2.27. The SMILES string of the molecule is COC1=CC(C)C(N(C)c2ccc3c(c2)OCCC3Cn2c(-c3cc(C(=O)O)ccn3)nc3ccccc32)C=C1. The number of methoxy groups -OCH3 is 1. The number of imidazole rings is 1. The van der Waals surface area contributed by atoms with E-state index >= 15 is 0 Å². The molecule has 3 atom stereocenters. The number of benzene rings is 2. The second-order valence-electron chi connectivity index (χ2n) is 10.4. The third-order valence-corrected chi connectivity index (χ3v) is 7.97. The zero-order valence-corrected chi connectivity index (χ0v) is 22.8. The van der Waals surface area contributed by atoms with E-state index in [1.54, 1.807) is 13.2 Å². The Morgan fingerprint density at radius 3 is 2.85 bits per heavy atom. The van der Waals surface area contributed by atoms with E-state index in [-0.39, 0.29) is 17.5 Å². The van der Waals surface area contributed by atoms with Crippen molar-refractivity contribution in [2.24, 2.45) is 5.92 Å². The highest BCUT2D eigenvalue weighted by molar-refractivity contribution is 5.89. The summed E-state index contributed by atoms with van der Waals surface area (Å²) in [7, 11) is 3.81. The van der Waals surface area contributed by atoms with Gasteiger partial charge in [-0.15, -0.1) is 0 Å². The summed E-state index contributed by atoms with van der Waals surface area (Å²) in [5.74, 6) is 1.97. The van der Waals surface area contributed by atoms with Crippen LogP contribution in [0, 0.1) is 5.92 Å². The van der Waals surface area contributed by atoms with Gasteiger partial charge in [0.05, 0.1) is 36.4 Å². The van der Waals surface area contributed by atoms with Crippen LogP contribution in [0.3, 0.4) is 0 Å². The molecule has 40 heavy (non-hydrogen) atoms. The minimum Gasteiger partial charge on any atom is -0.497 e. The molecule has 2 aliphatic rings. The van der Waals surface area contributed by atoms with Gasteiger partial charge >= 0.3 is 5.97 Å². The van der Waals surface area contributed by atoms with Crippen molar-refractivity contribution < 1.29 is 19.4 Å².